The summed E-state index contributed by atoms with van der Waals surface area (Å²) in [5, 5.41) is 0. The Morgan fingerprint density at radius 1 is 1.05 bits per heavy atom. The van der Waals surface area contributed by atoms with Gasteiger partial charge in [0.1, 0.15) is 12.2 Å². The molecule has 19 heavy (non-hydrogen) atoms. The van der Waals surface area contributed by atoms with Gasteiger partial charge in [-0.05, 0) is 31.5 Å². The van der Waals surface area contributed by atoms with Gasteiger partial charge in [-0.15, -0.1) is 0 Å². The van der Waals surface area contributed by atoms with Gasteiger partial charge in [0.05, 0.1) is 0 Å². The standard InChI is InChI=1S/C17H18O2/c1-13-6-5-7-14(10-13)11-17(2)12-18-15-8-3-4-9-16(15)19-17/h3-10H,11-12H2,1-2H3/t17-/m0/s1. The molecule has 1 aliphatic heterocycles. The molecule has 0 unspecified atom stereocenters. The number of para-hydroxylation sites is 2. The first-order valence-corrected chi connectivity index (χ1v) is 6.61. The fraction of sp³-hybridized carbons (Fsp3) is 0.294. The Hall–Kier alpha value is -1.96. The molecule has 2 nitrogen and oxygen atoms in total. The van der Waals surface area contributed by atoms with Crippen LogP contribution in [0.25, 0.3) is 0 Å². The molecule has 1 atom stereocenters. The van der Waals surface area contributed by atoms with Crippen LogP contribution in [-0.4, -0.2) is 12.2 Å². The molecule has 0 N–H and O–H groups in total. The van der Waals surface area contributed by atoms with Crippen molar-refractivity contribution in [3.8, 4) is 11.5 Å². The van der Waals surface area contributed by atoms with Crippen LogP contribution in [0.4, 0.5) is 0 Å². The highest BCUT2D eigenvalue weighted by atomic mass is 16.6. The van der Waals surface area contributed by atoms with Crippen LogP contribution >= 0.6 is 0 Å². The number of aryl methyl sites for hydroxylation is 1. The second kappa shape index (κ2) is 4.61. The Labute approximate surface area is 114 Å². The average Bonchev–Trinajstić information content (AvgIpc) is 2.38. The Morgan fingerprint density at radius 2 is 1.84 bits per heavy atom. The van der Waals surface area contributed by atoms with Crippen molar-refractivity contribution in [2.75, 3.05) is 6.61 Å². The molecule has 1 aliphatic rings. The molecular weight excluding hydrogens is 236 g/mol. The van der Waals surface area contributed by atoms with Gasteiger partial charge in [-0.2, -0.15) is 0 Å². The molecular formula is C17H18O2. The third-order valence-corrected chi connectivity index (χ3v) is 3.40. The molecule has 0 fully saturated rings. The maximum Gasteiger partial charge on any atom is 0.162 e. The molecule has 0 aromatic heterocycles. The molecule has 0 spiro atoms. The average molecular weight is 254 g/mol. The van der Waals surface area contributed by atoms with E-state index in [0.717, 1.165) is 17.9 Å². The van der Waals surface area contributed by atoms with Gasteiger partial charge in [0.2, 0.25) is 0 Å². The van der Waals surface area contributed by atoms with Gasteiger partial charge in [-0.3, -0.25) is 0 Å². The highest BCUT2D eigenvalue weighted by Crippen LogP contribution is 2.36. The largest absolute Gasteiger partial charge is 0.486 e. The van der Waals surface area contributed by atoms with Crippen molar-refractivity contribution in [1.82, 2.24) is 0 Å². The monoisotopic (exact) mass is 254 g/mol. The molecule has 0 saturated carbocycles. The second-order valence-electron chi connectivity index (χ2n) is 5.45. The van der Waals surface area contributed by atoms with E-state index in [2.05, 4.69) is 38.1 Å². The zero-order chi connectivity index (χ0) is 13.3. The molecule has 2 heteroatoms. The van der Waals surface area contributed by atoms with Crippen molar-refractivity contribution in [3.63, 3.8) is 0 Å². The summed E-state index contributed by atoms with van der Waals surface area (Å²) in [5.74, 6) is 1.67. The lowest BCUT2D eigenvalue weighted by Gasteiger charge is -2.35. The van der Waals surface area contributed by atoms with Gasteiger partial charge >= 0.3 is 0 Å². The SMILES string of the molecule is Cc1cccc(C[C@@]2(C)COc3ccccc3O2)c1. The minimum Gasteiger partial charge on any atom is -0.486 e. The minimum atomic E-state index is -0.303. The summed E-state index contributed by atoms with van der Waals surface area (Å²) in [7, 11) is 0. The van der Waals surface area contributed by atoms with E-state index in [0.29, 0.717) is 6.61 Å². The van der Waals surface area contributed by atoms with Gasteiger partial charge in [-0.25, -0.2) is 0 Å². The fourth-order valence-corrected chi connectivity index (χ4v) is 2.52. The molecule has 0 radical (unpaired) electrons. The molecule has 2 aromatic rings. The lowest BCUT2D eigenvalue weighted by atomic mass is 9.95. The third kappa shape index (κ3) is 2.58. The van der Waals surface area contributed by atoms with Crippen molar-refractivity contribution in [1.29, 1.82) is 0 Å². The highest BCUT2D eigenvalue weighted by molar-refractivity contribution is 5.41. The number of benzene rings is 2. The van der Waals surface area contributed by atoms with E-state index in [1.165, 1.54) is 11.1 Å². The summed E-state index contributed by atoms with van der Waals surface area (Å²) in [4.78, 5) is 0. The topological polar surface area (TPSA) is 18.5 Å². The van der Waals surface area contributed by atoms with Crippen molar-refractivity contribution in [2.45, 2.75) is 25.9 Å². The Balaban J connectivity index is 1.82. The van der Waals surface area contributed by atoms with E-state index in [1.807, 2.05) is 24.3 Å². The van der Waals surface area contributed by atoms with Gasteiger partial charge < -0.3 is 9.47 Å². The van der Waals surface area contributed by atoms with Crippen molar-refractivity contribution < 1.29 is 9.47 Å². The van der Waals surface area contributed by atoms with E-state index >= 15 is 0 Å². The predicted molar refractivity (Wildman–Crippen MR) is 75.9 cm³/mol. The molecule has 0 amide bonds. The van der Waals surface area contributed by atoms with Crippen LogP contribution < -0.4 is 9.47 Å². The molecule has 0 saturated heterocycles. The zero-order valence-electron chi connectivity index (χ0n) is 11.3. The number of ether oxygens (including phenoxy) is 2. The van der Waals surface area contributed by atoms with Gasteiger partial charge in [0.15, 0.2) is 11.5 Å². The maximum absolute atomic E-state index is 6.14. The Bertz CT molecular complexity index is 591. The summed E-state index contributed by atoms with van der Waals surface area (Å²) < 4.78 is 12.0. The molecule has 2 aromatic carbocycles. The first kappa shape index (κ1) is 12.1. The zero-order valence-corrected chi connectivity index (χ0v) is 11.3. The summed E-state index contributed by atoms with van der Waals surface area (Å²) in [6.07, 6.45) is 0.850. The van der Waals surface area contributed by atoms with Crippen LogP contribution in [0.5, 0.6) is 11.5 Å². The highest BCUT2D eigenvalue weighted by Gasteiger charge is 2.33. The first-order valence-electron chi connectivity index (χ1n) is 6.61. The maximum atomic E-state index is 6.14. The Kier molecular flexibility index (Phi) is 2.94. The van der Waals surface area contributed by atoms with E-state index < -0.39 is 0 Å². The lowest BCUT2D eigenvalue weighted by molar-refractivity contribution is 0.00657. The fourth-order valence-electron chi connectivity index (χ4n) is 2.52. The summed E-state index contributed by atoms with van der Waals surface area (Å²) >= 11 is 0. The van der Waals surface area contributed by atoms with Gasteiger partial charge in [0, 0.05) is 6.42 Å². The second-order valence-corrected chi connectivity index (χ2v) is 5.45. The van der Waals surface area contributed by atoms with E-state index in [9.17, 15) is 0 Å². The van der Waals surface area contributed by atoms with Crippen LogP contribution in [-0.2, 0) is 6.42 Å². The minimum absolute atomic E-state index is 0.303. The summed E-state index contributed by atoms with van der Waals surface area (Å²) in [5.41, 5.74) is 2.26. The molecule has 98 valence electrons. The quantitative estimate of drug-likeness (QED) is 0.812. The normalized spacial score (nSPS) is 21.2. The van der Waals surface area contributed by atoms with Crippen LogP contribution in [0.3, 0.4) is 0 Å². The molecule has 3 rings (SSSR count). The van der Waals surface area contributed by atoms with Crippen LogP contribution in [0, 0.1) is 6.92 Å². The Morgan fingerprint density at radius 3 is 2.63 bits per heavy atom. The van der Waals surface area contributed by atoms with E-state index in [-0.39, 0.29) is 5.60 Å². The van der Waals surface area contributed by atoms with Gasteiger partial charge in [-0.1, -0.05) is 42.0 Å². The van der Waals surface area contributed by atoms with Crippen LogP contribution in [0.1, 0.15) is 18.1 Å². The molecule has 0 bridgehead atoms. The van der Waals surface area contributed by atoms with E-state index in [4.69, 9.17) is 9.47 Å². The first-order chi connectivity index (χ1) is 9.15. The van der Waals surface area contributed by atoms with Crippen LogP contribution in [0.2, 0.25) is 0 Å². The van der Waals surface area contributed by atoms with Crippen molar-refractivity contribution >= 4 is 0 Å². The summed E-state index contributed by atoms with van der Waals surface area (Å²) in [6.45, 7) is 4.79. The number of rotatable bonds is 2. The van der Waals surface area contributed by atoms with E-state index in [1.54, 1.807) is 0 Å². The molecule has 0 aliphatic carbocycles. The lowest BCUT2D eigenvalue weighted by Crippen LogP contribution is -2.43. The van der Waals surface area contributed by atoms with Crippen molar-refractivity contribution in [2.24, 2.45) is 0 Å². The smallest absolute Gasteiger partial charge is 0.162 e. The van der Waals surface area contributed by atoms with Gasteiger partial charge in [0.25, 0.3) is 0 Å². The number of hydrogen-bond donors (Lipinski definition) is 0. The predicted octanol–water partition coefficient (Wildman–Crippen LogP) is 3.77. The number of fused-ring (bicyclic) bond motifs is 1. The van der Waals surface area contributed by atoms with Crippen molar-refractivity contribution in [3.05, 3.63) is 59.7 Å². The third-order valence-electron chi connectivity index (χ3n) is 3.40. The number of hydrogen-bond acceptors (Lipinski definition) is 2. The van der Waals surface area contributed by atoms with Crippen LogP contribution in [0.15, 0.2) is 48.5 Å². The summed E-state index contributed by atoms with van der Waals surface area (Å²) in [6, 6.07) is 16.4. The molecule has 1 heterocycles.